The fraction of sp³-hybridized carbons (Fsp3) is 0.231. The number of nitrogens with one attached hydrogen (secondary N) is 1. The van der Waals surface area contributed by atoms with Crippen LogP contribution in [0.2, 0.25) is 0 Å². The first-order chi connectivity index (χ1) is 9.35. The monoisotopic (exact) mass is 347 g/mol. The molecule has 1 atom stereocenters. The molecule has 1 amide bonds. The Balaban J connectivity index is 2.90. The van der Waals surface area contributed by atoms with Crippen molar-refractivity contribution in [3.05, 3.63) is 46.5 Å². The van der Waals surface area contributed by atoms with Crippen LogP contribution < -0.4 is 5.32 Å². The molecule has 0 aliphatic heterocycles. The van der Waals surface area contributed by atoms with Gasteiger partial charge >= 0.3 is 5.97 Å². The van der Waals surface area contributed by atoms with E-state index in [1.807, 2.05) is 0 Å². The number of amides is 1. The Morgan fingerprint density at radius 3 is 2.60 bits per heavy atom. The van der Waals surface area contributed by atoms with Crippen LogP contribution in [-0.4, -0.2) is 25.0 Å². The zero-order valence-corrected chi connectivity index (χ0v) is 12.2. The maximum atomic E-state index is 13.5. The minimum Gasteiger partial charge on any atom is -0.467 e. The topological polar surface area (TPSA) is 55.4 Å². The molecule has 0 bridgehead atoms. The van der Waals surface area contributed by atoms with Crippen molar-refractivity contribution in [1.29, 1.82) is 0 Å². The van der Waals surface area contributed by atoms with Crippen LogP contribution in [0.3, 0.4) is 0 Å². The van der Waals surface area contributed by atoms with Gasteiger partial charge in [0.2, 0.25) is 0 Å². The van der Waals surface area contributed by atoms with Gasteiger partial charge in [-0.25, -0.2) is 13.6 Å². The molecule has 1 aromatic rings. The summed E-state index contributed by atoms with van der Waals surface area (Å²) < 4.78 is 31.2. The van der Waals surface area contributed by atoms with Gasteiger partial charge in [0.15, 0.2) is 0 Å². The summed E-state index contributed by atoms with van der Waals surface area (Å²) in [5, 5.41) is 2.31. The lowest BCUT2D eigenvalue weighted by molar-refractivity contribution is -0.142. The van der Waals surface area contributed by atoms with E-state index in [4.69, 9.17) is 0 Å². The van der Waals surface area contributed by atoms with E-state index in [-0.39, 0.29) is 12.0 Å². The third-order valence-corrected chi connectivity index (χ3v) is 2.72. The Kier molecular flexibility index (Phi) is 5.82. The predicted octanol–water partition coefficient (Wildman–Crippen LogP) is 2.53. The van der Waals surface area contributed by atoms with E-state index in [0.29, 0.717) is 10.5 Å². The number of halogens is 3. The Labute approximate surface area is 122 Å². The zero-order chi connectivity index (χ0) is 15.3. The van der Waals surface area contributed by atoms with Gasteiger partial charge in [-0.3, -0.25) is 4.79 Å². The van der Waals surface area contributed by atoms with E-state index in [2.05, 4.69) is 32.6 Å². The third kappa shape index (κ3) is 4.41. The normalized spacial score (nSPS) is 11.6. The quantitative estimate of drug-likeness (QED) is 0.832. The molecule has 0 aliphatic carbocycles. The molecule has 0 aliphatic rings. The Morgan fingerprint density at radius 2 is 2.10 bits per heavy atom. The largest absolute Gasteiger partial charge is 0.467 e. The van der Waals surface area contributed by atoms with Crippen LogP contribution in [0.4, 0.5) is 8.78 Å². The lowest BCUT2D eigenvalue weighted by Crippen LogP contribution is -2.41. The van der Waals surface area contributed by atoms with E-state index in [1.54, 1.807) is 0 Å². The second kappa shape index (κ2) is 7.14. The van der Waals surface area contributed by atoms with E-state index in [1.165, 1.54) is 0 Å². The molecule has 1 rings (SSSR count). The van der Waals surface area contributed by atoms with Crippen molar-refractivity contribution in [2.24, 2.45) is 0 Å². The fourth-order valence-corrected chi connectivity index (χ4v) is 1.79. The van der Waals surface area contributed by atoms with Crippen LogP contribution in [-0.2, 0) is 9.53 Å². The first-order valence-corrected chi connectivity index (χ1v) is 6.31. The molecule has 0 unspecified atom stereocenters. The van der Waals surface area contributed by atoms with Crippen molar-refractivity contribution in [1.82, 2.24) is 5.32 Å². The van der Waals surface area contributed by atoms with E-state index < -0.39 is 29.6 Å². The summed E-state index contributed by atoms with van der Waals surface area (Å²) in [6.07, 6.45) is 0.0846. The molecule has 4 nitrogen and oxygen atoms in total. The van der Waals surface area contributed by atoms with Crippen LogP contribution in [0, 0.1) is 11.6 Å². The Hall–Kier alpha value is -1.76. The molecule has 0 fully saturated rings. The van der Waals surface area contributed by atoms with Crippen LogP contribution in [0.15, 0.2) is 29.3 Å². The number of benzene rings is 1. The van der Waals surface area contributed by atoms with Gasteiger partial charge in [-0.05, 0) is 16.6 Å². The molecule has 20 heavy (non-hydrogen) atoms. The maximum Gasteiger partial charge on any atom is 0.328 e. The standard InChI is InChI=1S/C13H12BrF2NO3/c1-7(14)5-11(13(19)20-2)17-12(18)9-4-3-8(15)6-10(9)16/h3-4,6,11H,1,5H2,2H3,(H,17,18)/t11-/m0/s1. The summed E-state index contributed by atoms with van der Waals surface area (Å²) in [5.41, 5.74) is -0.361. The predicted molar refractivity (Wildman–Crippen MR) is 72.3 cm³/mol. The van der Waals surface area contributed by atoms with Crippen LogP contribution in [0.25, 0.3) is 0 Å². The van der Waals surface area contributed by atoms with Crippen molar-refractivity contribution < 1.29 is 23.1 Å². The van der Waals surface area contributed by atoms with Gasteiger partial charge in [-0.2, -0.15) is 0 Å². The van der Waals surface area contributed by atoms with E-state index in [9.17, 15) is 18.4 Å². The SMILES string of the molecule is C=C(Br)C[C@H](NC(=O)c1ccc(F)cc1F)C(=O)OC. The second-order valence-corrected chi connectivity index (χ2v) is 5.02. The zero-order valence-electron chi connectivity index (χ0n) is 10.6. The molecule has 7 heteroatoms. The number of ether oxygens (including phenoxy) is 1. The molecule has 1 N–H and O–H groups in total. The number of methoxy groups -OCH3 is 1. The minimum atomic E-state index is -1.01. The minimum absolute atomic E-state index is 0.0846. The third-order valence-electron chi connectivity index (χ3n) is 2.39. The van der Waals surface area contributed by atoms with Gasteiger partial charge in [0.1, 0.15) is 17.7 Å². The molecule has 1 aromatic carbocycles. The van der Waals surface area contributed by atoms with Gasteiger partial charge < -0.3 is 10.1 Å². The summed E-state index contributed by atoms with van der Waals surface area (Å²) in [7, 11) is 1.16. The molecule has 0 saturated carbocycles. The summed E-state index contributed by atoms with van der Waals surface area (Å²) in [6.45, 7) is 3.55. The average Bonchev–Trinajstić information content (AvgIpc) is 2.36. The van der Waals surface area contributed by atoms with Crippen molar-refractivity contribution in [3.63, 3.8) is 0 Å². The highest BCUT2D eigenvalue weighted by Crippen LogP contribution is 2.13. The molecular weight excluding hydrogens is 336 g/mol. The van der Waals surface area contributed by atoms with Crippen LogP contribution in [0.1, 0.15) is 16.8 Å². The smallest absolute Gasteiger partial charge is 0.328 e. The van der Waals surface area contributed by atoms with E-state index in [0.717, 1.165) is 19.2 Å². The number of esters is 1. The number of hydrogen-bond donors (Lipinski definition) is 1. The first kappa shape index (κ1) is 16.3. The number of carbonyl (C=O) groups is 2. The second-order valence-electron chi connectivity index (χ2n) is 3.89. The van der Waals surface area contributed by atoms with Crippen LogP contribution in [0.5, 0.6) is 0 Å². The number of rotatable bonds is 5. The molecule has 0 aromatic heterocycles. The Bertz CT molecular complexity index is 548. The number of carbonyl (C=O) groups excluding carboxylic acids is 2. The summed E-state index contributed by atoms with van der Waals surface area (Å²) in [4.78, 5) is 23.4. The highest BCUT2D eigenvalue weighted by molar-refractivity contribution is 9.11. The molecule has 0 radical (unpaired) electrons. The highest BCUT2D eigenvalue weighted by atomic mass is 79.9. The average molecular weight is 348 g/mol. The van der Waals surface area contributed by atoms with Crippen molar-refractivity contribution in [3.8, 4) is 0 Å². The maximum absolute atomic E-state index is 13.5. The first-order valence-electron chi connectivity index (χ1n) is 5.52. The fourth-order valence-electron chi connectivity index (χ4n) is 1.47. The molecular formula is C13H12BrF2NO3. The summed E-state index contributed by atoms with van der Waals surface area (Å²) in [6, 6.07) is 1.53. The van der Waals surface area contributed by atoms with Gasteiger partial charge in [-0.1, -0.05) is 22.5 Å². The van der Waals surface area contributed by atoms with Gasteiger partial charge in [-0.15, -0.1) is 0 Å². The molecule has 0 spiro atoms. The van der Waals surface area contributed by atoms with E-state index >= 15 is 0 Å². The lowest BCUT2D eigenvalue weighted by Gasteiger charge is -2.16. The highest BCUT2D eigenvalue weighted by Gasteiger charge is 2.23. The van der Waals surface area contributed by atoms with Gasteiger partial charge in [0, 0.05) is 12.5 Å². The lowest BCUT2D eigenvalue weighted by atomic mass is 10.1. The molecule has 0 heterocycles. The van der Waals surface area contributed by atoms with Gasteiger partial charge in [0.05, 0.1) is 12.7 Å². The summed E-state index contributed by atoms with van der Waals surface area (Å²) in [5.74, 6) is -3.34. The Morgan fingerprint density at radius 1 is 1.45 bits per heavy atom. The van der Waals surface area contributed by atoms with Crippen molar-refractivity contribution in [2.75, 3.05) is 7.11 Å². The van der Waals surface area contributed by atoms with Crippen LogP contribution >= 0.6 is 15.9 Å². The van der Waals surface area contributed by atoms with Gasteiger partial charge in [0.25, 0.3) is 5.91 Å². The molecule has 108 valence electrons. The number of hydrogen-bond acceptors (Lipinski definition) is 3. The summed E-state index contributed by atoms with van der Waals surface area (Å²) >= 11 is 3.07. The van der Waals surface area contributed by atoms with Crippen molar-refractivity contribution in [2.45, 2.75) is 12.5 Å². The van der Waals surface area contributed by atoms with Crippen molar-refractivity contribution >= 4 is 27.8 Å². The molecule has 0 saturated heterocycles.